The maximum Gasteiger partial charge on any atom is 0.0546 e. The summed E-state index contributed by atoms with van der Waals surface area (Å²) in [7, 11) is 0. The standard InChI is InChI=1S/C52H41NS/c1-52(2,3)46-34-40(37-18-9-5-10-19-37)29-33-47(46)53(42-30-26-38(27-31-42)36-16-7-4-8-17-36)48-24-15-23-43(51(48)39-20-11-6-12-21-39)41-28-32-45-44-22-13-14-25-49(44)54-50(45)35-41/h4-35H,1-3H3. The number of benzene rings is 8. The predicted molar refractivity (Wildman–Crippen MR) is 234 cm³/mol. The molecule has 1 aromatic heterocycles. The van der Waals surface area contributed by atoms with E-state index in [1.54, 1.807) is 0 Å². The fourth-order valence-electron chi connectivity index (χ4n) is 7.75. The van der Waals surface area contributed by atoms with Crippen molar-refractivity contribution in [3.63, 3.8) is 0 Å². The second-order valence-electron chi connectivity index (χ2n) is 15.0. The van der Waals surface area contributed by atoms with Crippen LogP contribution in [-0.2, 0) is 5.41 Å². The predicted octanol–water partition coefficient (Wildman–Crippen LogP) is 15.5. The SMILES string of the molecule is CC(C)(C)c1cc(-c2ccccc2)ccc1N(c1ccc(-c2ccccc2)cc1)c1cccc(-c2ccc3c(c2)sc2ccccc23)c1-c1ccccc1. The molecule has 9 rings (SSSR count). The van der Waals surface area contributed by atoms with Crippen LogP contribution in [0.1, 0.15) is 26.3 Å². The third-order valence-corrected chi connectivity index (χ3v) is 11.6. The summed E-state index contributed by atoms with van der Waals surface area (Å²) in [6.07, 6.45) is 0. The largest absolute Gasteiger partial charge is 0.310 e. The molecule has 54 heavy (non-hydrogen) atoms. The van der Waals surface area contributed by atoms with Crippen molar-refractivity contribution in [1.29, 1.82) is 0 Å². The fraction of sp³-hybridized carbons (Fsp3) is 0.0769. The summed E-state index contributed by atoms with van der Waals surface area (Å²) >= 11 is 1.87. The van der Waals surface area contributed by atoms with Gasteiger partial charge in [0.15, 0.2) is 0 Å². The molecule has 0 bridgehead atoms. The highest BCUT2D eigenvalue weighted by Gasteiger charge is 2.27. The van der Waals surface area contributed by atoms with E-state index in [1.165, 1.54) is 75.9 Å². The molecule has 0 atom stereocenters. The van der Waals surface area contributed by atoms with Crippen LogP contribution in [0.15, 0.2) is 194 Å². The zero-order chi connectivity index (χ0) is 36.6. The van der Waals surface area contributed by atoms with E-state index in [2.05, 4.69) is 220 Å². The van der Waals surface area contributed by atoms with E-state index in [4.69, 9.17) is 0 Å². The monoisotopic (exact) mass is 711 g/mol. The van der Waals surface area contributed by atoms with E-state index in [9.17, 15) is 0 Å². The van der Waals surface area contributed by atoms with E-state index >= 15 is 0 Å². The molecule has 0 aliphatic heterocycles. The summed E-state index contributed by atoms with van der Waals surface area (Å²) < 4.78 is 2.62. The lowest BCUT2D eigenvalue weighted by molar-refractivity contribution is 0.591. The Bertz CT molecular complexity index is 2720. The highest BCUT2D eigenvalue weighted by Crippen LogP contribution is 2.49. The summed E-state index contributed by atoms with van der Waals surface area (Å²) in [4.78, 5) is 2.49. The van der Waals surface area contributed by atoms with Gasteiger partial charge in [0.2, 0.25) is 0 Å². The molecule has 0 saturated heterocycles. The molecule has 0 fully saturated rings. The van der Waals surface area contributed by atoms with Crippen LogP contribution in [0.5, 0.6) is 0 Å². The third-order valence-electron chi connectivity index (χ3n) is 10.4. The summed E-state index contributed by atoms with van der Waals surface area (Å²) in [5, 5.41) is 2.63. The maximum atomic E-state index is 2.49. The summed E-state index contributed by atoms with van der Waals surface area (Å²) in [5.74, 6) is 0. The van der Waals surface area contributed by atoms with Gasteiger partial charge in [-0.3, -0.25) is 0 Å². The van der Waals surface area contributed by atoms with Crippen molar-refractivity contribution < 1.29 is 0 Å². The molecule has 0 unspecified atom stereocenters. The number of anilines is 3. The Balaban J connectivity index is 1.30. The zero-order valence-electron chi connectivity index (χ0n) is 30.8. The van der Waals surface area contributed by atoms with Crippen molar-refractivity contribution in [3.05, 3.63) is 200 Å². The van der Waals surface area contributed by atoms with E-state index in [0.717, 1.165) is 11.4 Å². The highest BCUT2D eigenvalue weighted by molar-refractivity contribution is 7.25. The lowest BCUT2D eigenvalue weighted by Crippen LogP contribution is -2.20. The average molecular weight is 712 g/mol. The lowest BCUT2D eigenvalue weighted by atomic mass is 9.83. The van der Waals surface area contributed by atoms with E-state index in [0.29, 0.717) is 0 Å². The number of hydrogen-bond donors (Lipinski definition) is 0. The van der Waals surface area contributed by atoms with Crippen LogP contribution in [0, 0.1) is 0 Å². The molecule has 0 aliphatic rings. The van der Waals surface area contributed by atoms with Gasteiger partial charge in [-0.15, -0.1) is 11.3 Å². The minimum atomic E-state index is -0.140. The first kappa shape index (κ1) is 33.6. The molecule has 1 heterocycles. The van der Waals surface area contributed by atoms with Crippen LogP contribution in [0.2, 0.25) is 0 Å². The van der Waals surface area contributed by atoms with Crippen LogP contribution >= 0.6 is 11.3 Å². The Morgan fingerprint density at radius 3 is 1.63 bits per heavy atom. The van der Waals surface area contributed by atoms with Gasteiger partial charge in [0.25, 0.3) is 0 Å². The van der Waals surface area contributed by atoms with Crippen molar-refractivity contribution >= 4 is 48.6 Å². The van der Waals surface area contributed by atoms with Crippen LogP contribution < -0.4 is 4.90 Å². The Morgan fingerprint density at radius 2 is 0.944 bits per heavy atom. The van der Waals surface area contributed by atoms with E-state index < -0.39 is 0 Å². The molecule has 0 N–H and O–H groups in total. The number of fused-ring (bicyclic) bond motifs is 3. The Labute approximate surface area is 322 Å². The van der Waals surface area contributed by atoms with Gasteiger partial charge in [0, 0.05) is 37.1 Å². The van der Waals surface area contributed by atoms with Crippen LogP contribution in [0.25, 0.3) is 64.7 Å². The van der Waals surface area contributed by atoms with Crippen molar-refractivity contribution in [1.82, 2.24) is 0 Å². The smallest absolute Gasteiger partial charge is 0.0546 e. The Kier molecular flexibility index (Phi) is 8.69. The first-order chi connectivity index (χ1) is 26.4. The second kappa shape index (κ2) is 14.0. The summed E-state index contributed by atoms with van der Waals surface area (Å²) in [5.41, 5.74) is 14.2. The fourth-order valence-corrected chi connectivity index (χ4v) is 8.90. The molecule has 9 aromatic rings. The Hall–Kier alpha value is -6.22. The summed E-state index contributed by atoms with van der Waals surface area (Å²) in [6.45, 7) is 6.98. The van der Waals surface area contributed by atoms with Crippen LogP contribution in [0.4, 0.5) is 17.1 Å². The number of nitrogens with zero attached hydrogens (tertiary/aromatic N) is 1. The van der Waals surface area contributed by atoms with Gasteiger partial charge in [-0.05, 0) is 92.4 Å². The average Bonchev–Trinajstić information content (AvgIpc) is 3.60. The summed E-state index contributed by atoms with van der Waals surface area (Å²) in [6, 6.07) is 70.9. The first-order valence-corrected chi connectivity index (χ1v) is 19.5. The van der Waals surface area contributed by atoms with Crippen molar-refractivity contribution in [2.24, 2.45) is 0 Å². The van der Waals surface area contributed by atoms with Crippen LogP contribution in [0.3, 0.4) is 0 Å². The van der Waals surface area contributed by atoms with Crippen molar-refractivity contribution in [2.75, 3.05) is 4.90 Å². The van der Waals surface area contributed by atoms with Gasteiger partial charge in [0.1, 0.15) is 0 Å². The molecule has 1 nitrogen and oxygen atoms in total. The van der Waals surface area contributed by atoms with Gasteiger partial charge < -0.3 is 4.90 Å². The van der Waals surface area contributed by atoms with Gasteiger partial charge in [-0.2, -0.15) is 0 Å². The lowest BCUT2D eigenvalue weighted by Gasteiger charge is -2.34. The highest BCUT2D eigenvalue weighted by atomic mass is 32.1. The minimum absolute atomic E-state index is 0.140. The number of rotatable bonds is 7. The van der Waals surface area contributed by atoms with Gasteiger partial charge in [0.05, 0.1) is 5.69 Å². The topological polar surface area (TPSA) is 3.24 Å². The molecule has 260 valence electrons. The van der Waals surface area contributed by atoms with E-state index in [-0.39, 0.29) is 5.41 Å². The van der Waals surface area contributed by atoms with Gasteiger partial charge in [-0.25, -0.2) is 0 Å². The number of thiophene rings is 1. The molecule has 0 radical (unpaired) electrons. The minimum Gasteiger partial charge on any atom is -0.310 e. The van der Waals surface area contributed by atoms with Crippen molar-refractivity contribution in [3.8, 4) is 44.5 Å². The zero-order valence-corrected chi connectivity index (χ0v) is 31.6. The molecule has 0 spiro atoms. The number of hydrogen-bond acceptors (Lipinski definition) is 2. The first-order valence-electron chi connectivity index (χ1n) is 18.7. The molecule has 0 amide bonds. The van der Waals surface area contributed by atoms with Gasteiger partial charge >= 0.3 is 0 Å². The van der Waals surface area contributed by atoms with Crippen LogP contribution in [-0.4, -0.2) is 0 Å². The van der Waals surface area contributed by atoms with Gasteiger partial charge in [-0.1, -0.05) is 172 Å². The quantitative estimate of drug-likeness (QED) is 0.159. The molecular weight excluding hydrogens is 671 g/mol. The van der Waals surface area contributed by atoms with E-state index in [1.807, 2.05) is 11.3 Å². The molecular formula is C52H41NS. The molecule has 2 heteroatoms. The normalized spacial score (nSPS) is 11.6. The maximum absolute atomic E-state index is 2.49. The van der Waals surface area contributed by atoms with Crippen molar-refractivity contribution in [2.45, 2.75) is 26.2 Å². The third kappa shape index (κ3) is 6.29. The Morgan fingerprint density at radius 1 is 0.389 bits per heavy atom. The molecule has 0 saturated carbocycles. The second-order valence-corrected chi connectivity index (χ2v) is 16.1. The molecule has 8 aromatic carbocycles. The molecule has 0 aliphatic carbocycles.